The van der Waals surface area contributed by atoms with E-state index >= 15 is 0 Å². The predicted molar refractivity (Wildman–Crippen MR) is 69.5 cm³/mol. The van der Waals surface area contributed by atoms with Gasteiger partial charge in [0.05, 0.1) is 0 Å². The maximum Gasteiger partial charge on any atom is 0.0456 e. The summed E-state index contributed by atoms with van der Waals surface area (Å²) in [6, 6.07) is 0.748. The number of nitrogens with one attached hydrogen (secondary N) is 1. The Bertz CT molecular complexity index is 181. The Kier molecular flexibility index (Phi) is 5.77. The third-order valence-corrected chi connectivity index (χ3v) is 3.96. The van der Waals surface area contributed by atoms with Gasteiger partial charge in [0.1, 0.15) is 0 Å². The second-order valence-electron chi connectivity index (χ2n) is 6.32. The molecule has 0 amide bonds. The zero-order chi connectivity index (χ0) is 12.0. The normalized spacial score (nSPS) is 23.2. The minimum atomic E-state index is 0.331. The molecule has 0 bridgehead atoms. The number of rotatable bonds is 6. The van der Waals surface area contributed by atoms with Gasteiger partial charge in [-0.1, -0.05) is 20.8 Å². The van der Waals surface area contributed by atoms with Gasteiger partial charge in [0.2, 0.25) is 0 Å². The quantitative estimate of drug-likeness (QED) is 0.684. The molecule has 2 heteroatoms. The van der Waals surface area contributed by atoms with Crippen LogP contribution in [-0.2, 0) is 0 Å². The van der Waals surface area contributed by atoms with Crippen LogP contribution in [0.1, 0.15) is 59.3 Å². The molecule has 1 aliphatic carbocycles. The molecule has 0 heterocycles. The molecule has 2 N–H and O–H groups in total. The molecule has 1 rings (SSSR count). The van der Waals surface area contributed by atoms with Crippen molar-refractivity contribution in [3.8, 4) is 0 Å². The number of hydrogen-bond donors (Lipinski definition) is 2. The fourth-order valence-electron chi connectivity index (χ4n) is 2.45. The Morgan fingerprint density at radius 2 is 1.94 bits per heavy atom. The van der Waals surface area contributed by atoms with Crippen LogP contribution in [0.3, 0.4) is 0 Å². The van der Waals surface area contributed by atoms with Crippen LogP contribution in [0.4, 0.5) is 0 Å². The van der Waals surface area contributed by atoms with Gasteiger partial charge in [-0.2, -0.15) is 0 Å². The summed E-state index contributed by atoms with van der Waals surface area (Å²) in [7, 11) is 0. The zero-order valence-corrected chi connectivity index (χ0v) is 11.3. The Labute approximate surface area is 101 Å². The first-order valence-electron chi connectivity index (χ1n) is 6.88. The second-order valence-corrected chi connectivity index (χ2v) is 6.32. The van der Waals surface area contributed by atoms with Gasteiger partial charge < -0.3 is 10.4 Å². The smallest absolute Gasteiger partial charge is 0.0456 e. The van der Waals surface area contributed by atoms with Crippen LogP contribution in [0.5, 0.6) is 0 Å². The number of aliphatic hydroxyl groups excluding tert-OH is 1. The first-order chi connectivity index (χ1) is 7.53. The summed E-state index contributed by atoms with van der Waals surface area (Å²) in [5, 5.41) is 12.6. The predicted octanol–water partition coefficient (Wildman–Crippen LogP) is 2.95. The van der Waals surface area contributed by atoms with Crippen molar-refractivity contribution in [2.24, 2.45) is 11.3 Å². The summed E-state index contributed by atoms with van der Waals surface area (Å²) in [6.07, 6.45) is 7.73. The van der Waals surface area contributed by atoms with E-state index in [1.807, 2.05) is 0 Å². The topological polar surface area (TPSA) is 32.3 Å². The second kappa shape index (κ2) is 6.61. The Morgan fingerprint density at radius 1 is 1.31 bits per heavy atom. The van der Waals surface area contributed by atoms with Crippen molar-refractivity contribution in [1.29, 1.82) is 0 Å². The van der Waals surface area contributed by atoms with E-state index in [1.165, 1.54) is 32.1 Å². The van der Waals surface area contributed by atoms with Gasteiger partial charge in [-0.3, -0.25) is 0 Å². The highest BCUT2D eigenvalue weighted by Crippen LogP contribution is 2.34. The highest BCUT2D eigenvalue weighted by molar-refractivity contribution is 4.81. The molecule has 1 fully saturated rings. The van der Waals surface area contributed by atoms with E-state index in [1.54, 1.807) is 0 Å². The molecular formula is C14H29NO. The van der Waals surface area contributed by atoms with Crippen molar-refractivity contribution < 1.29 is 5.11 Å². The maximum atomic E-state index is 8.92. The fourth-order valence-corrected chi connectivity index (χ4v) is 2.45. The molecule has 0 spiro atoms. The summed E-state index contributed by atoms with van der Waals surface area (Å²) >= 11 is 0. The average molecular weight is 227 g/mol. The van der Waals surface area contributed by atoms with Gasteiger partial charge >= 0.3 is 0 Å². The molecule has 16 heavy (non-hydrogen) atoms. The molecule has 2 nitrogen and oxygen atoms in total. The minimum absolute atomic E-state index is 0.331. The van der Waals surface area contributed by atoms with Crippen molar-refractivity contribution in [1.82, 2.24) is 5.32 Å². The van der Waals surface area contributed by atoms with Gasteiger partial charge in [-0.25, -0.2) is 0 Å². The van der Waals surface area contributed by atoms with Crippen LogP contribution < -0.4 is 5.32 Å². The van der Waals surface area contributed by atoms with Crippen molar-refractivity contribution in [2.45, 2.75) is 65.3 Å². The summed E-state index contributed by atoms with van der Waals surface area (Å²) in [5.41, 5.74) is 0.573. The molecule has 0 aromatic rings. The van der Waals surface area contributed by atoms with E-state index in [4.69, 9.17) is 5.11 Å². The molecule has 0 aromatic heterocycles. The number of hydrogen-bond acceptors (Lipinski definition) is 2. The fraction of sp³-hybridized carbons (Fsp3) is 1.00. The SMILES string of the molecule is CC(CO)CCCNC1CCC(C)(C)CC1. The standard InChI is InChI=1S/C14H29NO/c1-12(11-16)5-4-10-15-13-6-8-14(2,3)9-7-13/h12-13,15-16H,4-11H2,1-3H3. The van der Waals surface area contributed by atoms with Crippen molar-refractivity contribution in [2.75, 3.05) is 13.2 Å². The van der Waals surface area contributed by atoms with Gasteiger partial charge in [-0.15, -0.1) is 0 Å². The highest BCUT2D eigenvalue weighted by Gasteiger charge is 2.26. The molecule has 0 aromatic carbocycles. The third-order valence-electron chi connectivity index (χ3n) is 3.96. The maximum absolute atomic E-state index is 8.92. The average Bonchev–Trinajstić information content (AvgIpc) is 2.26. The summed E-state index contributed by atoms with van der Waals surface area (Å²) in [5.74, 6) is 0.465. The summed E-state index contributed by atoms with van der Waals surface area (Å²) in [6.45, 7) is 8.33. The molecule has 1 aliphatic rings. The monoisotopic (exact) mass is 227 g/mol. The molecule has 0 saturated heterocycles. The lowest BCUT2D eigenvalue weighted by Gasteiger charge is -2.34. The molecule has 1 saturated carbocycles. The molecule has 1 unspecified atom stereocenters. The Balaban J connectivity index is 2.02. The van der Waals surface area contributed by atoms with Crippen molar-refractivity contribution in [3.05, 3.63) is 0 Å². The molecule has 0 aliphatic heterocycles. The largest absolute Gasteiger partial charge is 0.396 e. The van der Waals surface area contributed by atoms with Crippen LogP contribution in [0.15, 0.2) is 0 Å². The first-order valence-corrected chi connectivity index (χ1v) is 6.88. The van der Waals surface area contributed by atoms with E-state index in [0.717, 1.165) is 19.0 Å². The highest BCUT2D eigenvalue weighted by atomic mass is 16.3. The molecule has 0 radical (unpaired) electrons. The van der Waals surface area contributed by atoms with Gasteiger partial charge in [0.25, 0.3) is 0 Å². The van der Waals surface area contributed by atoms with Crippen LogP contribution >= 0.6 is 0 Å². The molecular weight excluding hydrogens is 198 g/mol. The van der Waals surface area contributed by atoms with E-state index in [2.05, 4.69) is 26.1 Å². The summed E-state index contributed by atoms with van der Waals surface area (Å²) < 4.78 is 0. The van der Waals surface area contributed by atoms with E-state index in [-0.39, 0.29) is 0 Å². The third kappa shape index (κ3) is 5.31. The van der Waals surface area contributed by atoms with Crippen LogP contribution in [0.25, 0.3) is 0 Å². The minimum Gasteiger partial charge on any atom is -0.396 e. The van der Waals surface area contributed by atoms with Gasteiger partial charge in [0.15, 0.2) is 0 Å². The Hall–Kier alpha value is -0.0800. The van der Waals surface area contributed by atoms with Crippen molar-refractivity contribution >= 4 is 0 Å². The van der Waals surface area contributed by atoms with E-state index in [0.29, 0.717) is 17.9 Å². The van der Waals surface area contributed by atoms with Crippen LogP contribution in [0, 0.1) is 11.3 Å². The lowest BCUT2D eigenvalue weighted by molar-refractivity contribution is 0.203. The zero-order valence-electron chi connectivity index (χ0n) is 11.3. The van der Waals surface area contributed by atoms with Gasteiger partial charge in [-0.05, 0) is 56.4 Å². The lowest BCUT2D eigenvalue weighted by atomic mass is 9.75. The van der Waals surface area contributed by atoms with Crippen LogP contribution in [0.2, 0.25) is 0 Å². The van der Waals surface area contributed by atoms with E-state index < -0.39 is 0 Å². The summed E-state index contributed by atoms with van der Waals surface area (Å²) in [4.78, 5) is 0. The lowest BCUT2D eigenvalue weighted by Crippen LogP contribution is -2.36. The Morgan fingerprint density at radius 3 is 2.50 bits per heavy atom. The first kappa shape index (κ1) is 14.0. The number of aliphatic hydroxyl groups is 1. The molecule has 1 atom stereocenters. The van der Waals surface area contributed by atoms with E-state index in [9.17, 15) is 0 Å². The van der Waals surface area contributed by atoms with Gasteiger partial charge in [0, 0.05) is 12.6 Å². The van der Waals surface area contributed by atoms with Crippen molar-refractivity contribution in [3.63, 3.8) is 0 Å². The van der Waals surface area contributed by atoms with Crippen LogP contribution in [-0.4, -0.2) is 24.3 Å². The molecule has 96 valence electrons.